The van der Waals surface area contributed by atoms with Gasteiger partial charge in [0.2, 0.25) is 0 Å². The van der Waals surface area contributed by atoms with E-state index in [0.29, 0.717) is 6.04 Å². The Balaban J connectivity index is 1.58. The summed E-state index contributed by atoms with van der Waals surface area (Å²) < 4.78 is 0. The van der Waals surface area contributed by atoms with Gasteiger partial charge in [0.15, 0.2) is 0 Å². The molecule has 0 unspecified atom stereocenters. The van der Waals surface area contributed by atoms with Gasteiger partial charge in [-0.15, -0.1) is 0 Å². The summed E-state index contributed by atoms with van der Waals surface area (Å²) in [6.07, 6.45) is 6.20. The minimum Gasteiger partial charge on any atom is -0.374 e. The summed E-state index contributed by atoms with van der Waals surface area (Å²) in [6.45, 7) is 3.41. The molecule has 3 aromatic carbocycles. The molecule has 0 radical (unpaired) electrons. The molecule has 0 saturated carbocycles. The van der Waals surface area contributed by atoms with Gasteiger partial charge < -0.3 is 4.90 Å². The Kier molecular flexibility index (Phi) is 6.24. The fourth-order valence-electron chi connectivity index (χ4n) is 4.03. The lowest BCUT2D eigenvalue weighted by Crippen LogP contribution is -2.30. The van der Waals surface area contributed by atoms with Crippen molar-refractivity contribution >= 4 is 24.1 Å². The molecule has 0 aliphatic carbocycles. The molecule has 1 saturated heterocycles. The number of hydrogen-bond acceptors (Lipinski definition) is 1. The first-order valence-corrected chi connectivity index (χ1v) is 11.7. The highest BCUT2D eigenvalue weighted by Crippen LogP contribution is 2.38. The zero-order chi connectivity index (χ0) is 19.2. The van der Waals surface area contributed by atoms with Crippen LogP contribution in [0, 0.1) is 0 Å². The van der Waals surface area contributed by atoms with E-state index in [1.54, 1.807) is 0 Å². The van der Waals surface area contributed by atoms with Crippen LogP contribution in [0.1, 0.15) is 25.3 Å². The quantitative estimate of drug-likeness (QED) is 0.496. The molecule has 0 spiro atoms. The molecule has 0 bridgehead atoms. The van der Waals surface area contributed by atoms with Crippen LogP contribution >= 0.6 is 7.92 Å². The molecular formula is C26H28NP. The lowest BCUT2D eigenvalue weighted by Gasteiger charge is -2.29. The third kappa shape index (κ3) is 4.54. The summed E-state index contributed by atoms with van der Waals surface area (Å²) in [5, 5.41) is 2.97. The van der Waals surface area contributed by atoms with Gasteiger partial charge in [-0.1, -0.05) is 91.0 Å². The van der Waals surface area contributed by atoms with Crippen LogP contribution in [-0.2, 0) is 0 Å². The van der Waals surface area contributed by atoms with E-state index in [1.165, 1.54) is 47.3 Å². The summed E-state index contributed by atoms with van der Waals surface area (Å²) in [7, 11) is -0.339. The standard InChI is InChI=1S/C26H28NP/c1-22(23-12-5-2-6-13-23)20-27-19-11-14-24(27)21-28(25-15-7-3-8-16-25)26-17-9-4-10-18-26/h2-10,12-13,15-18,20,24H,11,14,19,21H2,1H3/b22-20+/t24-/m0/s1. The first-order valence-electron chi connectivity index (χ1n) is 10.2. The molecular weight excluding hydrogens is 357 g/mol. The number of nitrogens with zero attached hydrogens (tertiary/aromatic N) is 1. The fraction of sp³-hybridized carbons (Fsp3) is 0.231. The monoisotopic (exact) mass is 385 g/mol. The predicted molar refractivity (Wildman–Crippen MR) is 124 cm³/mol. The second kappa shape index (κ2) is 9.22. The zero-order valence-electron chi connectivity index (χ0n) is 16.5. The molecule has 28 heavy (non-hydrogen) atoms. The smallest absolute Gasteiger partial charge is 0.0330 e. The van der Waals surface area contributed by atoms with Crippen LogP contribution in [0.15, 0.2) is 97.2 Å². The van der Waals surface area contributed by atoms with E-state index in [9.17, 15) is 0 Å². The van der Waals surface area contributed by atoms with Gasteiger partial charge in [0.25, 0.3) is 0 Å². The zero-order valence-corrected chi connectivity index (χ0v) is 17.4. The number of benzene rings is 3. The molecule has 2 heteroatoms. The Morgan fingerprint density at radius 2 is 1.39 bits per heavy atom. The maximum atomic E-state index is 2.60. The molecule has 3 aromatic rings. The molecule has 4 rings (SSSR count). The normalized spacial score (nSPS) is 17.3. The Bertz CT molecular complexity index is 850. The highest BCUT2D eigenvalue weighted by molar-refractivity contribution is 7.73. The Morgan fingerprint density at radius 3 is 1.96 bits per heavy atom. The molecule has 1 heterocycles. The van der Waals surface area contributed by atoms with Crippen LogP contribution in [0.4, 0.5) is 0 Å². The van der Waals surface area contributed by atoms with Crippen molar-refractivity contribution in [3.63, 3.8) is 0 Å². The van der Waals surface area contributed by atoms with Crippen molar-refractivity contribution in [1.82, 2.24) is 4.90 Å². The second-order valence-electron chi connectivity index (χ2n) is 7.49. The van der Waals surface area contributed by atoms with E-state index >= 15 is 0 Å². The molecule has 0 aromatic heterocycles. The van der Waals surface area contributed by atoms with Crippen molar-refractivity contribution in [1.29, 1.82) is 0 Å². The van der Waals surface area contributed by atoms with Crippen LogP contribution in [0.2, 0.25) is 0 Å². The van der Waals surface area contributed by atoms with Crippen LogP contribution in [0.5, 0.6) is 0 Å². The molecule has 0 N–H and O–H groups in total. The van der Waals surface area contributed by atoms with Crippen molar-refractivity contribution in [3.8, 4) is 0 Å². The molecule has 1 atom stereocenters. The number of rotatable bonds is 6. The summed E-state index contributed by atoms with van der Waals surface area (Å²) in [4.78, 5) is 2.60. The number of allylic oxidation sites excluding steroid dienone is 1. The highest BCUT2D eigenvalue weighted by atomic mass is 31.1. The maximum absolute atomic E-state index is 2.60. The molecule has 1 aliphatic heterocycles. The van der Waals surface area contributed by atoms with E-state index in [-0.39, 0.29) is 7.92 Å². The van der Waals surface area contributed by atoms with Gasteiger partial charge in [0.1, 0.15) is 0 Å². The minimum absolute atomic E-state index is 0.339. The van der Waals surface area contributed by atoms with Crippen molar-refractivity contribution in [3.05, 3.63) is 103 Å². The second-order valence-corrected chi connectivity index (χ2v) is 9.75. The predicted octanol–water partition coefficient (Wildman–Crippen LogP) is 5.64. The van der Waals surface area contributed by atoms with Gasteiger partial charge in [-0.2, -0.15) is 0 Å². The summed E-state index contributed by atoms with van der Waals surface area (Å²) in [6, 6.07) is 33.6. The third-order valence-corrected chi connectivity index (χ3v) is 8.17. The van der Waals surface area contributed by atoms with Crippen molar-refractivity contribution in [2.45, 2.75) is 25.8 Å². The van der Waals surface area contributed by atoms with Gasteiger partial charge in [0, 0.05) is 18.8 Å². The molecule has 1 fully saturated rings. The molecule has 0 amide bonds. The topological polar surface area (TPSA) is 3.24 Å². The first kappa shape index (κ1) is 19.0. The van der Waals surface area contributed by atoms with E-state index in [4.69, 9.17) is 0 Å². The van der Waals surface area contributed by atoms with Crippen LogP contribution in [-0.4, -0.2) is 23.6 Å². The van der Waals surface area contributed by atoms with Gasteiger partial charge in [-0.05, 0) is 55.6 Å². The van der Waals surface area contributed by atoms with Crippen molar-refractivity contribution in [2.75, 3.05) is 12.7 Å². The fourth-order valence-corrected chi connectivity index (χ4v) is 6.63. The lowest BCUT2D eigenvalue weighted by molar-refractivity contribution is 0.377. The summed E-state index contributed by atoms with van der Waals surface area (Å²) >= 11 is 0. The van der Waals surface area contributed by atoms with Gasteiger partial charge >= 0.3 is 0 Å². The summed E-state index contributed by atoms with van der Waals surface area (Å²) in [5.41, 5.74) is 2.68. The Morgan fingerprint density at radius 1 is 0.857 bits per heavy atom. The Hall–Kier alpha value is -2.37. The molecule has 1 nitrogen and oxygen atoms in total. The highest BCUT2D eigenvalue weighted by Gasteiger charge is 2.27. The minimum atomic E-state index is -0.339. The van der Waals surface area contributed by atoms with Crippen LogP contribution < -0.4 is 10.6 Å². The van der Waals surface area contributed by atoms with Crippen molar-refractivity contribution in [2.24, 2.45) is 0 Å². The average molecular weight is 385 g/mol. The summed E-state index contributed by atoms with van der Waals surface area (Å²) in [5.74, 6) is 0. The van der Waals surface area contributed by atoms with Gasteiger partial charge in [-0.25, -0.2) is 0 Å². The largest absolute Gasteiger partial charge is 0.374 e. The van der Waals surface area contributed by atoms with E-state index < -0.39 is 0 Å². The average Bonchev–Trinajstić information content (AvgIpc) is 3.20. The number of hydrogen-bond donors (Lipinski definition) is 0. The SMILES string of the molecule is C/C(=C\N1CCC[C@H]1CP(c1ccccc1)c1ccccc1)c1ccccc1. The van der Waals surface area contributed by atoms with E-state index in [2.05, 4.69) is 109 Å². The third-order valence-electron chi connectivity index (χ3n) is 5.54. The van der Waals surface area contributed by atoms with Crippen molar-refractivity contribution < 1.29 is 0 Å². The number of likely N-dealkylation sites (tertiary alicyclic amines) is 1. The van der Waals surface area contributed by atoms with Crippen LogP contribution in [0.3, 0.4) is 0 Å². The van der Waals surface area contributed by atoms with Gasteiger partial charge in [0.05, 0.1) is 0 Å². The van der Waals surface area contributed by atoms with Gasteiger partial charge in [-0.3, -0.25) is 0 Å². The lowest BCUT2D eigenvalue weighted by atomic mass is 10.1. The molecule has 142 valence electrons. The van der Waals surface area contributed by atoms with E-state index in [0.717, 1.165) is 0 Å². The van der Waals surface area contributed by atoms with Crippen LogP contribution in [0.25, 0.3) is 5.57 Å². The molecule has 1 aliphatic rings. The maximum Gasteiger partial charge on any atom is 0.0330 e. The van der Waals surface area contributed by atoms with E-state index in [1.807, 2.05) is 0 Å². The Labute approximate surface area is 170 Å². The first-order chi connectivity index (χ1) is 13.8.